The average Bonchev–Trinajstić information content (AvgIpc) is 2.47. The molecule has 0 atom stereocenters. The van der Waals surface area contributed by atoms with Crippen LogP contribution in [0.25, 0.3) is 0 Å². The highest BCUT2D eigenvalue weighted by molar-refractivity contribution is 6.36. The van der Waals surface area contributed by atoms with E-state index >= 15 is 0 Å². The number of esters is 1. The molecule has 1 N–H and O–H groups in total. The maximum Gasteiger partial charge on any atom is 0.355 e. The lowest BCUT2D eigenvalue weighted by atomic mass is 10.1. The van der Waals surface area contributed by atoms with E-state index in [1.54, 1.807) is 0 Å². The van der Waals surface area contributed by atoms with Gasteiger partial charge in [0.1, 0.15) is 5.75 Å². The highest BCUT2D eigenvalue weighted by atomic mass is 16.5. The summed E-state index contributed by atoms with van der Waals surface area (Å²) in [6.45, 7) is 0.633. The number of unbranched alkanes of at least 4 members (excludes halogenated alkanes) is 2. The zero-order valence-electron chi connectivity index (χ0n) is 11.0. The second kappa shape index (κ2) is 8.97. The van der Waals surface area contributed by atoms with Crippen molar-refractivity contribution in [2.24, 2.45) is 5.16 Å². The summed E-state index contributed by atoms with van der Waals surface area (Å²) in [7, 11) is 1.27. The molecule has 0 unspecified atom stereocenters. The monoisotopic (exact) mass is 265 g/mol. The summed E-state index contributed by atoms with van der Waals surface area (Å²) in [6, 6.07) is 9.61. The van der Waals surface area contributed by atoms with Crippen LogP contribution in [0.4, 0.5) is 0 Å². The first-order valence-electron chi connectivity index (χ1n) is 6.25. The Morgan fingerprint density at radius 1 is 1.21 bits per heavy atom. The summed E-state index contributed by atoms with van der Waals surface area (Å²) in [5.41, 5.74) is 0.0616. The van der Waals surface area contributed by atoms with E-state index in [2.05, 4.69) is 9.89 Å². The van der Waals surface area contributed by atoms with E-state index in [0.717, 1.165) is 25.0 Å². The lowest BCUT2D eigenvalue weighted by molar-refractivity contribution is -0.133. The minimum atomic E-state index is -0.581. The second-order valence-electron chi connectivity index (χ2n) is 4.01. The minimum absolute atomic E-state index is 0.0616. The lowest BCUT2D eigenvalue weighted by Crippen LogP contribution is -2.15. The van der Waals surface area contributed by atoms with Crippen LogP contribution in [0.3, 0.4) is 0 Å². The minimum Gasteiger partial charge on any atom is -0.494 e. The molecule has 5 nitrogen and oxygen atoms in total. The molecule has 0 aliphatic heterocycles. The topological polar surface area (TPSA) is 68.1 Å². The molecule has 0 aliphatic carbocycles. The number of methoxy groups -OCH3 is 1. The van der Waals surface area contributed by atoms with E-state index in [9.17, 15) is 4.79 Å². The smallest absolute Gasteiger partial charge is 0.355 e. The molecule has 0 radical (unpaired) electrons. The van der Waals surface area contributed by atoms with Gasteiger partial charge in [-0.1, -0.05) is 23.4 Å². The van der Waals surface area contributed by atoms with Crippen LogP contribution < -0.4 is 4.74 Å². The molecule has 0 saturated carbocycles. The lowest BCUT2D eigenvalue weighted by Gasteiger charge is -2.05. The first-order valence-corrected chi connectivity index (χ1v) is 6.25. The molecule has 0 saturated heterocycles. The summed E-state index contributed by atoms with van der Waals surface area (Å²) in [4.78, 5) is 11.1. The maximum absolute atomic E-state index is 11.1. The third-order valence-corrected chi connectivity index (χ3v) is 2.61. The van der Waals surface area contributed by atoms with E-state index in [0.29, 0.717) is 13.0 Å². The molecular weight excluding hydrogens is 246 g/mol. The fourth-order valence-corrected chi connectivity index (χ4v) is 1.59. The van der Waals surface area contributed by atoms with Crippen LogP contribution in [0.1, 0.15) is 25.7 Å². The summed E-state index contributed by atoms with van der Waals surface area (Å²) >= 11 is 0. The summed E-state index contributed by atoms with van der Waals surface area (Å²) < 4.78 is 10.0. The number of benzene rings is 1. The molecule has 0 aromatic heterocycles. The van der Waals surface area contributed by atoms with Crippen molar-refractivity contribution in [3.05, 3.63) is 30.3 Å². The third-order valence-electron chi connectivity index (χ3n) is 2.61. The molecule has 0 amide bonds. The largest absolute Gasteiger partial charge is 0.494 e. The zero-order chi connectivity index (χ0) is 13.9. The number of hydrogen-bond donors (Lipinski definition) is 1. The van der Waals surface area contributed by atoms with Crippen molar-refractivity contribution in [3.63, 3.8) is 0 Å². The molecule has 19 heavy (non-hydrogen) atoms. The van der Waals surface area contributed by atoms with Crippen molar-refractivity contribution in [1.29, 1.82) is 0 Å². The van der Waals surface area contributed by atoms with Gasteiger partial charge in [0.15, 0.2) is 5.71 Å². The molecule has 0 fully saturated rings. The Kier molecular flexibility index (Phi) is 7.09. The molecule has 0 aliphatic rings. The van der Waals surface area contributed by atoms with Gasteiger partial charge >= 0.3 is 5.97 Å². The van der Waals surface area contributed by atoms with Gasteiger partial charge in [0, 0.05) is 6.42 Å². The Morgan fingerprint density at radius 2 is 1.95 bits per heavy atom. The molecule has 104 valence electrons. The van der Waals surface area contributed by atoms with Crippen LogP contribution in [-0.4, -0.2) is 30.6 Å². The SMILES string of the molecule is COC(=O)C(CCCCCOc1ccccc1)=NO. The zero-order valence-corrected chi connectivity index (χ0v) is 11.0. The Bertz CT molecular complexity index is 403. The first-order chi connectivity index (χ1) is 9.27. The van der Waals surface area contributed by atoms with Gasteiger partial charge in [0.05, 0.1) is 13.7 Å². The molecule has 0 bridgehead atoms. The van der Waals surface area contributed by atoms with Crippen molar-refractivity contribution < 1.29 is 19.5 Å². The van der Waals surface area contributed by atoms with Crippen LogP contribution >= 0.6 is 0 Å². The number of oxime groups is 1. The van der Waals surface area contributed by atoms with Crippen molar-refractivity contribution >= 4 is 11.7 Å². The highest BCUT2D eigenvalue weighted by Gasteiger charge is 2.11. The van der Waals surface area contributed by atoms with E-state index < -0.39 is 5.97 Å². The average molecular weight is 265 g/mol. The predicted molar refractivity (Wildman–Crippen MR) is 71.6 cm³/mol. The van der Waals surface area contributed by atoms with Crippen molar-refractivity contribution in [3.8, 4) is 5.75 Å². The molecule has 5 heteroatoms. The number of rotatable bonds is 8. The van der Waals surface area contributed by atoms with Gasteiger partial charge in [-0.2, -0.15) is 0 Å². The Hall–Kier alpha value is -2.04. The van der Waals surface area contributed by atoms with E-state index in [-0.39, 0.29) is 5.71 Å². The van der Waals surface area contributed by atoms with Gasteiger partial charge < -0.3 is 14.7 Å². The Morgan fingerprint density at radius 3 is 2.58 bits per heavy atom. The van der Waals surface area contributed by atoms with Gasteiger partial charge in [0.2, 0.25) is 0 Å². The van der Waals surface area contributed by atoms with Crippen LogP contribution in [0, 0.1) is 0 Å². The highest BCUT2D eigenvalue weighted by Crippen LogP contribution is 2.10. The molecule has 1 rings (SSSR count). The Labute approximate surface area is 112 Å². The molecule has 1 aromatic carbocycles. The predicted octanol–water partition coefficient (Wildman–Crippen LogP) is 2.63. The van der Waals surface area contributed by atoms with Gasteiger partial charge in [-0.15, -0.1) is 0 Å². The number of carbonyl (C=O) groups excluding carboxylic acids is 1. The number of ether oxygens (including phenoxy) is 2. The normalized spacial score (nSPS) is 11.1. The summed E-state index contributed by atoms with van der Waals surface area (Å²) in [6.07, 6.45) is 2.94. The Balaban J connectivity index is 2.10. The third kappa shape index (κ3) is 5.90. The standard InChI is InChI=1S/C14H19NO4/c1-18-14(16)13(15-17)10-6-3-7-11-19-12-8-4-2-5-9-12/h2,4-5,8-9,17H,3,6-7,10-11H2,1H3. The summed E-state index contributed by atoms with van der Waals surface area (Å²) in [5, 5.41) is 11.6. The molecule has 0 spiro atoms. The number of para-hydroxylation sites is 1. The van der Waals surface area contributed by atoms with Crippen LogP contribution in [0.15, 0.2) is 35.5 Å². The summed E-state index contributed by atoms with van der Waals surface area (Å²) in [5.74, 6) is 0.276. The van der Waals surface area contributed by atoms with Gasteiger partial charge in [-0.05, 0) is 31.4 Å². The van der Waals surface area contributed by atoms with Crippen LogP contribution in [0.2, 0.25) is 0 Å². The fourth-order valence-electron chi connectivity index (χ4n) is 1.59. The molecule has 1 aromatic rings. The van der Waals surface area contributed by atoms with E-state index in [4.69, 9.17) is 9.94 Å². The fraction of sp³-hybridized carbons (Fsp3) is 0.429. The van der Waals surface area contributed by atoms with E-state index in [1.807, 2.05) is 30.3 Å². The first kappa shape index (κ1) is 15.0. The molecule has 0 heterocycles. The maximum atomic E-state index is 11.1. The van der Waals surface area contributed by atoms with Gasteiger partial charge in [-0.25, -0.2) is 4.79 Å². The van der Waals surface area contributed by atoms with E-state index in [1.165, 1.54) is 7.11 Å². The van der Waals surface area contributed by atoms with Gasteiger partial charge in [0.25, 0.3) is 0 Å². The second-order valence-corrected chi connectivity index (χ2v) is 4.01. The number of nitrogens with zero attached hydrogens (tertiary/aromatic N) is 1. The number of carbonyl (C=O) groups is 1. The number of hydrogen-bond acceptors (Lipinski definition) is 5. The van der Waals surface area contributed by atoms with Crippen LogP contribution in [-0.2, 0) is 9.53 Å². The van der Waals surface area contributed by atoms with Crippen LogP contribution in [0.5, 0.6) is 5.75 Å². The quantitative estimate of drug-likeness (QED) is 0.258. The molecular formula is C14H19NO4. The van der Waals surface area contributed by atoms with Crippen molar-refractivity contribution in [2.45, 2.75) is 25.7 Å². The van der Waals surface area contributed by atoms with Gasteiger partial charge in [-0.3, -0.25) is 0 Å². The van der Waals surface area contributed by atoms with Crippen molar-refractivity contribution in [1.82, 2.24) is 0 Å². The van der Waals surface area contributed by atoms with Crippen molar-refractivity contribution in [2.75, 3.05) is 13.7 Å².